The van der Waals surface area contributed by atoms with E-state index in [1.807, 2.05) is 11.9 Å². The van der Waals surface area contributed by atoms with Crippen molar-refractivity contribution in [2.75, 3.05) is 31.6 Å². The van der Waals surface area contributed by atoms with Crippen LogP contribution in [-0.4, -0.2) is 53.7 Å². The summed E-state index contributed by atoms with van der Waals surface area (Å²) < 4.78 is 5.61. The van der Waals surface area contributed by atoms with Gasteiger partial charge in [0.2, 0.25) is 11.8 Å². The van der Waals surface area contributed by atoms with E-state index in [1.165, 1.54) is 12.8 Å². The molecule has 0 spiro atoms. The smallest absolute Gasteiger partial charge is 0.318 e. The third kappa shape index (κ3) is 3.04. The molecule has 0 radical (unpaired) electrons. The van der Waals surface area contributed by atoms with Crippen LogP contribution in [0.2, 0.25) is 0 Å². The fourth-order valence-corrected chi connectivity index (χ4v) is 2.11. The van der Waals surface area contributed by atoms with Crippen molar-refractivity contribution in [3.05, 3.63) is 5.89 Å². The molecule has 7 heteroatoms. The normalized spacial score (nSPS) is 20.8. The van der Waals surface area contributed by atoms with Gasteiger partial charge in [-0.15, -0.1) is 5.10 Å². The van der Waals surface area contributed by atoms with E-state index >= 15 is 0 Å². The molecule has 1 saturated carbocycles. The number of anilines is 1. The van der Waals surface area contributed by atoms with Crippen LogP contribution in [0.4, 0.5) is 6.01 Å². The SMILES string of the molecule is CN1CCCN(c2nnc(CNC3CC3)o2)CC1=O. The van der Waals surface area contributed by atoms with Gasteiger partial charge < -0.3 is 19.5 Å². The number of carbonyl (C=O) groups excluding carboxylic acids is 1. The minimum Gasteiger partial charge on any atom is -0.407 e. The molecule has 1 aliphatic heterocycles. The van der Waals surface area contributed by atoms with Crippen LogP contribution in [0.5, 0.6) is 0 Å². The van der Waals surface area contributed by atoms with Gasteiger partial charge in [-0.2, -0.15) is 0 Å². The van der Waals surface area contributed by atoms with E-state index in [4.69, 9.17) is 4.42 Å². The Bertz CT molecular complexity index is 457. The molecule has 1 N–H and O–H groups in total. The Morgan fingerprint density at radius 1 is 1.37 bits per heavy atom. The first-order valence-electron chi connectivity index (χ1n) is 6.77. The minimum absolute atomic E-state index is 0.0911. The average molecular weight is 265 g/mol. The molecule has 0 bridgehead atoms. The molecule has 0 atom stereocenters. The molecule has 0 unspecified atom stereocenters. The molecule has 0 aromatic carbocycles. The number of aromatic nitrogens is 2. The monoisotopic (exact) mass is 265 g/mol. The van der Waals surface area contributed by atoms with E-state index in [-0.39, 0.29) is 5.91 Å². The van der Waals surface area contributed by atoms with Crippen LogP contribution in [0.1, 0.15) is 25.2 Å². The lowest BCUT2D eigenvalue weighted by molar-refractivity contribution is -0.127. The zero-order chi connectivity index (χ0) is 13.2. The highest BCUT2D eigenvalue weighted by Crippen LogP contribution is 2.20. The quantitative estimate of drug-likeness (QED) is 0.825. The summed E-state index contributed by atoms with van der Waals surface area (Å²) in [6.45, 7) is 2.47. The average Bonchev–Trinajstić information content (AvgIpc) is 3.14. The molecule has 1 aromatic heterocycles. The summed E-state index contributed by atoms with van der Waals surface area (Å²) in [5, 5.41) is 11.4. The molecule has 2 fully saturated rings. The lowest BCUT2D eigenvalue weighted by atomic mass is 10.4. The molecule has 1 aliphatic carbocycles. The Kier molecular flexibility index (Phi) is 3.37. The van der Waals surface area contributed by atoms with Gasteiger partial charge >= 0.3 is 6.01 Å². The van der Waals surface area contributed by atoms with Crippen molar-refractivity contribution >= 4 is 11.9 Å². The van der Waals surface area contributed by atoms with E-state index in [0.717, 1.165) is 19.5 Å². The highest BCUT2D eigenvalue weighted by atomic mass is 16.4. The van der Waals surface area contributed by atoms with Crippen molar-refractivity contribution < 1.29 is 9.21 Å². The van der Waals surface area contributed by atoms with Crippen LogP contribution in [-0.2, 0) is 11.3 Å². The van der Waals surface area contributed by atoms with Crippen molar-refractivity contribution in [3.63, 3.8) is 0 Å². The predicted octanol–water partition coefficient (Wildman–Crippen LogP) is -0.00990. The number of rotatable bonds is 4. The van der Waals surface area contributed by atoms with Gasteiger partial charge in [-0.25, -0.2) is 0 Å². The Balaban J connectivity index is 1.62. The maximum atomic E-state index is 11.8. The summed E-state index contributed by atoms with van der Waals surface area (Å²) in [4.78, 5) is 15.4. The highest BCUT2D eigenvalue weighted by molar-refractivity contribution is 5.80. The number of hydrogen-bond acceptors (Lipinski definition) is 6. The molecule has 2 aliphatic rings. The van der Waals surface area contributed by atoms with Crippen molar-refractivity contribution in [2.45, 2.75) is 31.8 Å². The zero-order valence-corrected chi connectivity index (χ0v) is 11.1. The topological polar surface area (TPSA) is 74.5 Å². The van der Waals surface area contributed by atoms with Crippen LogP contribution in [0.25, 0.3) is 0 Å². The molecular weight excluding hydrogens is 246 g/mol. The molecule has 1 aromatic rings. The van der Waals surface area contributed by atoms with Crippen LogP contribution in [0.3, 0.4) is 0 Å². The third-order valence-electron chi connectivity index (χ3n) is 3.52. The maximum Gasteiger partial charge on any atom is 0.318 e. The fraction of sp³-hybridized carbons (Fsp3) is 0.750. The predicted molar refractivity (Wildman–Crippen MR) is 68.6 cm³/mol. The summed E-state index contributed by atoms with van der Waals surface area (Å²) >= 11 is 0. The van der Waals surface area contributed by atoms with Gasteiger partial charge in [-0.3, -0.25) is 4.79 Å². The first-order valence-corrected chi connectivity index (χ1v) is 6.77. The van der Waals surface area contributed by atoms with E-state index in [1.54, 1.807) is 4.90 Å². The van der Waals surface area contributed by atoms with E-state index in [2.05, 4.69) is 15.5 Å². The van der Waals surface area contributed by atoms with Gasteiger partial charge in [0.05, 0.1) is 6.54 Å². The van der Waals surface area contributed by atoms with Crippen molar-refractivity contribution in [1.29, 1.82) is 0 Å². The van der Waals surface area contributed by atoms with Crippen LogP contribution in [0, 0.1) is 0 Å². The van der Waals surface area contributed by atoms with Crippen LogP contribution in [0.15, 0.2) is 4.42 Å². The fourth-order valence-electron chi connectivity index (χ4n) is 2.11. The molecule has 1 saturated heterocycles. The summed E-state index contributed by atoms with van der Waals surface area (Å²) in [5.74, 6) is 0.681. The van der Waals surface area contributed by atoms with Gasteiger partial charge in [-0.1, -0.05) is 5.10 Å². The number of carbonyl (C=O) groups is 1. The number of amides is 1. The third-order valence-corrected chi connectivity index (χ3v) is 3.52. The highest BCUT2D eigenvalue weighted by Gasteiger charge is 2.24. The van der Waals surface area contributed by atoms with Gasteiger partial charge in [0.1, 0.15) is 6.54 Å². The van der Waals surface area contributed by atoms with Gasteiger partial charge in [0.15, 0.2) is 0 Å². The number of hydrogen-bond donors (Lipinski definition) is 1. The molecule has 19 heavy (non-hydrogen) atoms. The van der Waals surface area contributed by atoms with Crippen molar-refractivity contribution in [3.8, 4) is 0 Å². The molecule has 2 heterocycles. The standard InChI is InChI=1S/C12H19N5O2/c1-16-5-2-6-17(8-11(16)18)12-15-14-10(19-12)7-13-9-3-4-9/h9,13H,2-8H2,1H3. The summed E-state index contributed by atoms with van der Waals surface area (Å²) in [6.07, 6.45) is 3.38. The molecule has 1 amide bonds. The van der Waals surface area contributed by atoms with Gasteiger partial charge in [0.25, 0.3) is 0 Å². The molecular formula is C12H19N5O2. The largest absolute Gasteiger partial charge is 0.407 e. The van der Waals surface area contributed by atoms with Crippen molar-refractivity contribution in [2.24, 2.45) is 0 Å². The molecule has 3 rings (SSSR count). The molecule has 104 valence electrons. The summed E-state index contributed by atoms with van der Waals surface area (Å²) in [5.41, 5.74) is 0. The Hall–Kier alpha value is -1.63. The second-order valence-electron chi connectivity index (χ2n) is 5.22. The lowest BCUT2D eigenvalue weighted by Gasteiger charge is -2.16. The van der Waals surface area contributed by atoms with E-state index < -0.39 is 0 Å². The Labute approximate surface area is 112 Å². The molecule has 7 nitrogen and oxygen atoms in total. The Morgan fingerprint density at radius 2 is 2.21 bits per heavy atom. The minimum atomic E-state index is 0.0911. The number of likely N-dealkylation sites (N-methyl/N-ethyl adjacent to an activating group) is 1. The first kappa shape index (κ1) is 12.4. The Morgan fingerprint density at radius 3 is 3.00 bits per heavy atom. The second-order valence-corrected chi connectivity index (χ2v) is 5.22. The number of nitrogens with one attached hydrogen (secondary N) is 1. The van der Waals surface area contributed by atoms with Crippen molar-refractivity contribution in [1.82, 2.24) is 20.4 Å². The maximum absolute atomic E-state index is 11.8. The van der Waals surface area contributed by atoms with Crippen LogP contribution >= 0.6 is 0 Å². The lowest BCUT2D eigenvalue weighted by Crippen LogP contribution is -2.34. The number of nitrogens with zero attached hydrogens (tertiary/aromatic N) is 4. The summed E-state index contributed by atoms with van der Waals surface area (Å²) in [7, 11) is 1.82. The van der Waals surface area contributed by atoms with E-state index in [0.29, 0.717) is 31.0 Å². The van der Waals surface area contributed by atoms with Crippen LogP contribution < -0.4 is 10.2 Å². The van der Waals surface area contributed by atoms with Gasteiger partial charge in [0, 0.05) is 26.2 Å². The van der Waals surface area contributed by atoms with Gasteiger partial charge in [-0.05, 0) is 19.3 Å². The summed E-state index contributed by atoms with van der Waals surface area (Å²) in [6, 6.07) is 1.07. The zero-order valence-electron chi connectivity index (χ0n) is 11.1. The van der Waals surface area contributed by atoms with E-state index in [9.17, 15) is 4.79 Å². The first-order chi connectivity index (χ1) is 9.22. The second kappa shape index (κ2) is 5.16.